The Labute approximate surface area is 285 Å². The largest absolute Gasteiger partial charge is 0.0622 e. The van der Waals surface area contributed by atoms with Crippen molar-refractivity contribution in [3.05, 3.63) is 193 Å². The number of hydrogen-bond acceptors (Lipinski definition) is 0. The Bertz CT molecular complexity index is 1440. The number of rotatable bonds is 13. The minimum absolute atomic E-state index is 0. The summed E-state index contributed by atoms with van der Waals surface area (Å²) in [4.78, 5) is 0. The molecular formula is C42H40P2Rh. The molecule has 0 heterocycles. The van der Waals surface area contributed by atoms with Gasteiger partial charge in [0, 0.05) is 19.5 Å². The minimum Gasteiger partial charge on any atom is -0.0622 e. The Morgan fingerprint density at radius 2 is 0.533 bits per heavy atom. The maximum Gasteiger partial charge on any atom is 0 e. The van der Waals surface area contributed by atoms with Gasteiger partial charge in [-0.05, 0) is 85.2 Å². The molecule has 0 aromatic heterocycles. The monoisotopic (exact) mass is 709 g/mol. The van der Waals surface area contributed by atoms with Gasteiger partial charge >= 0.3 is 0 Å². The van der Waals surface area contributed by atoms with E-state index in [0.29, 0.717) is 11.3 Å². The average Bonchev–Trinajstić information content (AvgIpc) is 3.11. The minimum atomic E-state index is -0.627. The van der Waals surface area contributed by atoms with Crippen LogP contribution in [0.1, 0.15) is 24.0 Å². The summed E-state index contributed by atoms with van der Waals surface area (Å²) in [5.41, 5.74) is 3.84. The topological polar surface area (TPSA) is 0 Å². The summed E-state index contributed by atoms with van der Waals surface area (Å²) in [6.45, 7) is 0. The van der Waals surface area contributed by atoms with Crippen LogP contribution in [0.5, 0.6) is 0 Å². The second kappa shape index (κ2) is 17.5. The van der Waals surface area contributed by atoms with E-state index in [-0.39, 0.29) is 19.5 Å². The van der Waals surface area contributed by atoms with Gasteiger partial charge in [0.1, 0.15) is 0 Å². The van der Waals surface area contributed by atoms with Gasteiger partial charge < -0.3 is 0 Å². The van der Waals surface area contributed by atoms with Crippen molar-refractivity contribution in [3.8, 4) is 0 Å². The molecular weight excluding hydrogens is 669 g/mol. The second-order valence-electron chi connectivity index (χ2n) is 11.3. The third-order valence-electron chi connectivity index (χ3n) is 8.39. The number of aryl methyl sites for hydroxylation is 2. The fraction of sp³-hybridized carbons (Fsp3) is 0.143. The molecule has 0 N–H and O–H groups in total. The molecule has 0 aliphatic carbocycles. The summed E-state index contributed by atoms with van der Waals surface area (Å²) in [6, 6.07) is 67.8. The molecule has 1 radical (unpaired) electrons. The Balaban J connectivity index is 0.00000400. The van der Waals surface area contributed by atoms with E-state index in [1.807, 2.05) is 0 Å². The van der Waals surface area contributed by atoms with Crippen LogP contribution in [-0.2, 0) is 32.3 Å². The molecule has 3 heteroatoms. The Morgan fingerprint density at radius 1 is 0.311 bits per heavy atom. The van der Waals surface area contributed by atoms with E-state index >= 15 is 0 Å². The zero-order valence-electron chi connectivity index (χ0n) is 25.5. The fourth-order valence-electron chi connectivity index (χ4n) is 6.32. The van der Waals surface area contributed by atoms with E-state index in [0.717, 1.165) is 25.7 Å². The Morgan fingerprint density at radius 3 is 0.778 bits per heavy atom. The third-order valence-corrected chi connectivity index (χ3v) is 14.6. The molecule has 0 bridgehead atoms. The summed E-state index contributed by atoms with van der Waals surface area (Å²) in [5.74, 6) is 0. The Kier molecular flexibility index (Phi) is 12.9. The van der Waals surface area contributed by atoms with E-state index in [1.54, 1.807) is 0 Å². The van der Waals surface area contributed by atoms with Crippen LogP contribution in [0.25, 0.3) is 0 Å². The maximum absolute atomic E-state index is 2.38. The Hall–Kier alpha value is -3.20. The molecule has 0 nitrogen and oxygen atoms in total. The van der Waals surface area contributed by atoms with Crippen LogP contribution in [0.3, 0.4) is 0 Å². The molecule has 0 saturated heterocycles. The van der Waals surface area contributed by atoms with Crippen molar-refractivity contribution in [1.82, 2.24) is 0 Å². The predicted molar refractivity (Wildman–Crippen MR) is 195 cm³/mol. The molecule has 0 spiro atoms. The molecule has 45 heavy (non-hydrogen) atoms. The van der Waals surface area contributed by atoms with Crippen LogP contribution in [0, 0.1) is 0 Å². The van der Waals surface area contributed by atoms with Gasteiger partial charge in [0.15, 0.2) is 0 Å². The predicted octanol–water partition coefficient (Wildman–Crippen LogP) is 9.25. The molecule has 0 amide bonds. The van der Waals surface area contributed by atoms with Gasteiger partial charge in [0.2, 0.25) is 0 Å². The van der Waals surface area contributed by atoms with E-state index in [9.17, 15) is 0 Å². The van der Waals surface area contributed by atoms with Crippen molar-refractivity contribution in [1.29, 1.82) is 0 Å². The molecule has 6 aromatic rings. The summed E-state index contributed by atoms with van der Waals surface area (Å²) >= 11 is 0. The standard InChI is InChI=1S/C42H40P2.Rh/c1-7-19-35(20-8-1)31-33-41(43(37-23-11-3-12-24-37)38-25-13-4-14-26-38)42(34-32-36-21-9-2-10-22-36)44(39-27-15-5-16-28-39)40-29-17-6-18-30-40;/h1-30,41-42H,31-34H2;. The van der Waals surface area contributed by atoms with Crippen molar-refractivity contribution in [2.75, 3.05) is 0 Å². The van der Waals surface area contributed by atoms with Gasteiger partial charge in [-0.15, -0.1) is 0 Å². The first-order valence-electron chi connectivity index (χ1n) is 15.7. The summed E-state index contributed by atoms with van der Waals surface area (Å²) in [5, 5.41) is 5.92. The van der Waals surface area contributed by atoms with Gasteiger partial charge in [-0.2, -0.15) is 0 Å². The van der Waals surface area contributed by atoms with Crippen molar-refractivity contribution < 1.29 is 19.5 Å². The van der Waals surface area contributed by atoms with Crippen LogP contribution in [0.4, 0.5) is 0 Å². The molecule has 227 valence electrons. The van der Waals surface area contributed by atoms with E-state index < -0.39 is 15.8 Å². The fourth-order valence-corrected chi connectivity index (χ4v) is 13.0. The van der Waals surface area contributed by atoms with E-state index in [2.05, 4.69) is 182 Å². The molecule has 0 saturated carbocycles. The maximum atomic E-state index is 2.38. The van der Waals surface area contributed by atoms with Crippen molar-refractivity contribution in [2.45, 2.75) is 37.0 Å². The second-order valence-corrected chi connectivity index (χ2v) is 16.1. The van der Waals surface area contributed by atoms with Gasteiger partial charge in [-0.25, -0.2) is 0 Å². The van der Waals surface area contributed by atoms with E-state index in [4.69, 9.17) is 0 Å². The number of benzene rings is 6. The molecule has 2 atom stereocenters. The van der Waals surface area contributed by atoms with Gasteiger partial charge in [-0.3, -0.25) is 0 Å². The summed E-state index contributed by atoms with van der Waals surface area (Å²) in [7, 11) is -1.25. The summed E-state index contributed by atoms with van der Waals surface area (Å²) in [6.07, 6.45) is 4.46. The normalized spacial score (nSPS) is 12.4. The molecule has 6 rings (SSSR count). The molecule has 0 aliphatic rings. The van der Waals surface area contributed by atoms with Gasteiger partial charge in [0.25, 0.3) is 0 Å². The average molecular weight is 710 g/mol. The van der Waals surface area contributed by atoms with Crippen molar-refractivity contribution >= 4 is 37.1 Å². The van der Waals surface area contributed by atoms with Crippen LogP contribution in [-0.4, -0.2) is 11.3 Å². The summed E-state index contributed by atoms with van der Waals surface area (Å²) < 4.78 is 0. The van der Waals surface area contributed by atoms with Crippen molar-refractivity contribution in [2.24, 2.45) is 0 Å². The van der Waals surface area contributed by atoms with E-state index in [1.165, 1.54) is 32.3 Å². The molecule has 0 fully saturated rings. The van der Waals surface area contributed by atoms with Gasteiger partial charge in [0.05, 0.1) is 0 Å². The molecule has 0 aliphatic heterocycles. The first-order valence-corrected chi connectivity index (χ1v) is 18.6. The van der Waals surface area contributed by atoms with Crippen LogP contribution in [0.2, 0.25) is 0 Å². The zero-order chi connectivity index (χ0) is 29.8. The number of hydrogen-bond donors (Lipinski definition) is 0. The first-order chi connectivity index (χ1) is 21.9. The SMILES string of the molecule is [Rh].c1ccc(CCC(C(CCc2ccccc2)P(c2ccccc2)c2ccccc2)P(c2ccccc2)c2ccccc2)cc1. The van der Waals surface area contributed by atoms with Crippen LogP contribution in [0.15, 0.2) is 182 Å². The smallest absolute Gasteiger partial charge is 0 e. The van der Waals surface area contributed by atoms with Crippen LogP contribution < -0.4 is 21.2 Å². The third kappa shape index (κ3) is 8.96. The van der Waals surface area contributed by atoms with Crippen molar-refractivity contribution in [3.63, 3.8) is 0 Å². The molecule has 2 unspecified atom stereocenters. The quantitative estimate of drug-likeness (QED) is 0.0829. The van der Waals surface area contributed by atoms with Crippen LogP contribution >= 0.6 is 15.8 Å². The zero-order valence-corrected chi connectivity index (χ0v) is 29.0. The van der Waals surface area contributed by atoms with Gasteiger partial charge in [-0.1, -0.05) is 182 Å². The molecule has 6 aromatic carbocycles. The first kappa shape index (κ1) is 33.2.